The van der Waals surface area contributed by atoms with Crippen LogP contribution in [0.3, 0.4) is 0 Å². The molecule has 6 nitrogen and oxygen atoms in total. The summed E-state index contributed by atoms with van der Waals surface area (Å²) in [5, 5.41) is 12.5. The standard InChI is InChI=1S/C22H22F2N4O2/c1-5-30-21(29)19(20-25-27-28(26-20)22(2,3)4)18(14-6-10-16(23)11-7-14)15-8-12-17(24)13-9-15/h6-13H,5H2,1-4H3. The van der Waals surface area contributed by atoms with Crippen LogP contribution >= 0.6 is 0 Å². The topological polar surface area (TPSA) is 69.9 Å². The molecule has 0 saturated heterocycles. The highest BCUT2D eigenvalue weighted by molar-refractivity contribution is 6.25. The van der Waals surface area contributed by atoms with E-state index in [0.717, 1.165) is 0 Å². The van der Waals surface area contributed by atoms with Gasteiger partial charge >= 0.3 is 5.97 Å². The van der Waals surface area contributed by atoms with Crippen molar-refractivity contribution in [3.05, 3.63) is 77.1 Å². The van der Waals surface area contributed by atoms with E-state index in [1.807, 2.05) is 20.8 Å². The van der Waals surface area contributed by atoms with Crippen molar-refractivity contribution in [3.8, 4) is 0 Å². The third-order valence-corrected chi connectivity index (χ3v) is 4.23. The minimum absolute atomic E-state index is 0.0607. The molecule has 0 atom stereocenters. The Morgan fingerprint density at radius 2 is 1.47 bits per heavy atom. The normalized spacial score (nSPS) is 11.3. The zero-order valence-electron chi connectivity index (χ0n) is 17.2. The number of esters is 1. The molecule has 3 aromatic rings. The predicted octanol–water partition coefficient (Wildman–Crippen LogP) is 4.23. The SMILES string of the molecule is CCOC(=O)C(=C(c1ccc(F)cc1)c1ccc(F)cc1)c1nnn(C(C)(C)C)n1. The molecule has 0 N–H and O–H groups in total. The fourth-order valence-corrected chi connectivity index (χ4v) is 2.80. The lowest BCUT2D eigenvalue weighted by molar-refractivity contribution is -0.136. The molecule has 1 aromatic heterocycles. The van der Waals surface area contributed by atoms with Crippen molar-refractivity contribution < 1.29 is 18.3 Å². The molecule has 8 heteroatoms. The molecule has 1 heterocycles. The largest absolute Gasteiger partial charge is 0.462 e. The second kappa shape index (κ2) is 8.52. The Kier molecular flexibility index (Phi) is 6.05. The molecule has 0 bridgehead atoms. The Morgan fingerprint density at radius 3 is 1.87 bits per heavy atom. The minimum atomic E-state index is -0.658. The monoisotopic (exact) mass is 412 g/mol. The summed E-state index contributed by atoms with van der Waals surface area (Å²) in [6, 6.07) is 11.2. The van der Waals surface area contributed by atoms with Gasteiger partial charge in [0.25, 0.3) is 0 Å². The smallest absolute Gasteiger partial charge is 0.342 e. The van der Waals surface area contributed by atoms with Crippen molar-refractivity contribution in [3.63, 3.8) is 0 Å². The maximum absolute atomic E-state index is 13.5. The van der Waals surface area contributed by atoms with E-state index in [2.05, 4.69) is 15.4 Å². The number of carbonyl (C=O) groups is 1. The van der Waals surface area contributed by atoms with Gasteiger partial charge in [-0.2, -0.15) is 4.80 Å². The third kappa shape index (κ3) is 4.59. The van der Waals surface area contributed by atoms with Crippen LogP contribution in [0.5, 0.6) is 0 Å². The number of hydrogen-bond acceptors (Lipinski definition) is 5. The Labute approximate surface area is 173 Å². The summed E-state index contributed by atoms with van der Waals surface area (Å²) in [5.41, 5.74) is 1.04. The number of rotatable bonds is 5. The maximum Gasteiger partial charge on any atom is 0.342 e. The second-order valence-electron chi connectivity index (χ2n) is 7.56. The fourth-order valence-electron chi connectivity index (χ4n) is 2.80. The molecule has 30 heavy (non-hydrogen) atoms. The highest BCUT2D eigenvalue weighted by atomic mass is 19.1. The summed E-state index contributed by atoms with van der Waals surface area (Å²) in [6.07, 6.45) is 0. The zero-order valence-corrected chi connectivity index (χ0v) is 17.2. The first-order chi connectivity index (χ1) is 14.2. The van der Waals surface area contributed by atoms with Gasteiger partial charge in [-0.05, 0) is 68.3 Å². The van der Waals surface area contributed by atoms with E-state index in [1.165, 1.54) is 53.3 Å². The van der Waals surface area contributed by atoms with Gasteiger partial charge in [0, 0.05) is 5.57 Å². The summed E-state index contributed by atoms with van der Waals surface area (Å²) in [7, 11) is 0. The summed E-state index contributed by atoms with van der Waals surface area (Å²) in [4.78, 5) is 14.4. The molecule has 0 radical (unpaired) electrons. The van der Waals surface area contributed by atoms with Gasteiger partial charge < -0.3 is 4.74 Å². The van der Waals surface area contributed by atoms with Crippen molar-refractivity contribution in [1.29, 1.82) is 0 Å². The molecular formula is C22H22F2N4O2. The van der Waals surface area contributed by atoms with Crippen LogP contribution < -0.4 is 0 Å². The number of carbonyl (C=O) groups excluding carboxylic acids is 1. The lowest BCUT2D eigenvalue weighted by Crippen LogP contribution is -2.25. The Balaban J connectivity index is 2.33. The number of ether oxygens (including phenoxy) is 1. The highest BCUT2D eigenvalue weighted by Gasteiger charge is 2.27. The van der Waals surface area contributed by atoms with Crippen LogP contribution in [-0.4, -0.2) is 32.8 Å². The Morgan fingerprint density at radius 1 is 0.967 bits per heavy atom. The summed E-state index contributed by atoms with van der Waals surface area (Å²) < 4.78 is 32.4. The van der Waals surface area contributed by atoms with Gasteiger partial charge in [0.1, 0.15) is 17.2 Å². The molecule has 0 aliphatic rings. The van der Waals surface area contributed by atoms with E-state index in [4.69, 9.17) is 4.74 Å². The first kappa shape index (κ1) is 21.3. The lowest BCUT2D eigenvalue weighted by atomic mass is 9.92. The lowest BCUT2D eigenvalue weighted by Gasteiger charge is -2.16. The van der Waals surface area contributed by atoms with Gasteiger partial charge in [-0.15, -0.1) is 10.2 Å². The van der Waals surface area contributed by atoms with Crippen LogP contribution in [0.15, 0.2) is 48.5 Å². The van der Waals surface area contributed by atoms with E-state index >= 15 is 0 Å². The number of hydrogen-bond donors (Lipinski definition) is 0. The van der Waals surface area contributed by atoms with E-state index in [1.54, 1.807) is 6.92 Å². The van der Waals surface area contributed by atoms with Gasteiger partial charge in [-0.1, -0.05) is 24.3 Å². The second-order valence-corrected chi connectivity index (χ2v) is 7.56. The predicted molar refractivity (Wildman–Crippen MR) is 108 cm³/mol. The molecule has 2 aromatic carbocycles. The van der Waals surface area contributed by atoms with Gasteiger partial charge in [0.05, 0.1) is 12.1 Å². The molecule has 0 spiro atoms. The average Bonchev–Trinajstić information content (AvgIpc) is 3.18. The van der Waals surface area contributed by atoms with Gasteiger partial charge in [-0.25, -0.2) is 13.6 Å². The molecule has 0 fully saturated rings. The van der Waals surface area contributed by atoms with Crippen LogP contribution in [0.4, 0.5) is 8.78 Å². The average molecular weight is 412 g/mol. The molecule has 0 amide bonds. The molecule has 0 saturated carbocycles. The molecule has 0 aliphatic carbocycles. The van der Waals surface area contributed by atoms with E-state index in [9.17, 15) is 13.6 Å². The fraction of sp³-hybridized carbons (Fsp3) is 0.273. The zero-order chi connectivity index (χ0) is 21.9. The quantitative estimate of drug-likeness (QED) is 0.463. The van der Waals surface area contributed by atoms with Crippen LogP contribution in [0, 0.1) is 11.6 Å². The minimum Gasteiger partial charge on any atom is -0.462 e. The van der Waals surface area contributed by atoms with E-state index in [0.29, 0.717) is 16.7 Å². The van der Waals surface area contributed by atoms with Crippen molar-refractivity contribution in [1.82, 2.24) is 20.2 Å². The number of aromatic nitrogens is 4. The Hall–Kier alpha value is -3.42. The van der Waals surface area contributed by atoms with Crippen molar-refractivity contribution in [2.45, 2.75) is 33.2 Å². The van der Waals surface area contributed by atoms with Crippen LogP contribution in [-0.2, 0) is 15.1 Å². The van der Waals surface area contributed by atoms with E-state index in [-0.39, 0.29) is 18.0 Å². The van der Waals surface area contributed by atoms with E-state index < -0.39 is 23.1 Å². The number of nitrogens with zero attached hydrogens (tertiary/aromatic N) is 4. The molecule has 156 valence electrons. The Bertz CT molecular complexity index is 1020. The number of benzene rings is 2. The number of tetrazole rings is 1. The molecule has 0 aliphatic heterocycles. The highest BCUT2D eigenvalue weighted by Crippen LogP contribution is 2.32. The van der Waals surface area contributed by atoms with Gasteiger partial charge in [0.2, 0.25) is 5.82 Å². The van der Waals surface area contributed by atoms with Crippen LogP contribution in [0.25, 0.3) is 11.1 Å². The maximum atomic E-state index is 13.5. The van der Waals surface area contributed by atoms with Crippen molar-refractivity contribution in [2.75, 3.05) is 6.61 Å². The van der Waals surface area contributed by atoms with Crippen molar-refractivity contribution >= 4 is 17.1 Å². The van der Waals surface area contributed by atoms with Gasteiger partial charge in [0.15, 0.2) is 0 Å². The third-order valence-electron chi connectivity index (χ3n) is 4.23. The first-order valence-corrected chi connectivity index (χ1v) is 9.45. The molecule has 0 unspecified atom stereocenters. The van der Waals surface area contributed by atoms with Crippen molar-refractivity contribution in [2.24, 2.45) is 0 Å². The molecular weight excluding hydrogens is 390 g/mol. The molecule has 3 rings (SSSR count). The van der Waals surface area contributed by atoms with Gasteiger partial charge in [-0.3, -0.25) is 0 Å². The summed E-state index contributed by atoms with van der Waals surface area (Å²) >= 11 is 0. The number of halogens is 2. The van der Waals surface area contributed by atoms with Crippen LogP contribution in [0.1, 0.15) is 44.6 Å². The van der Waals surface area contributed by atoms with Crippen LogP contribution in [0.2, 0.25) is 0 Å². The first-order valence-electron chi connectivity index (χ1n) is 9.45. The summed E-state index contributed by atoms with van der Waals surface area (Å²) in [5.74, 6) is -1.44. The summed E-state index contributed by atoms with van der Waals surface area (Å²) in [6.45, 7) is 7.51.